The lowest BCUT2D eigenvalue weighted by Gasteiger charge is -2.00. The third kappa shape index (κ3) is 1.48. The van der Waals surface area contributed by atoms with Gasteiger partial charge in [0.2, 0.25) is 0 Å². The summed E-state index contributed by atoms with van der Waals surface area (Å²) in [5.41, 5.74) is 2.58. The number of aromatic amines is 1. The van der Waals surface area contributed by atoms with Crippen molar-refractivity contribution in [3.05, 3.63) is 32.0 Å². The van der Waals surface area contributed by atoms with E-state index >= 15 is 0 Å². The summed E-state index contributed by atoms with van der Waals surface area (Å²) < 4.78 is 0. The van der Waals surface area contributed by atoms with Crippen molar-refractivity contribution < 1.29 is 0 Å². The monoisotopic (exact) mass is 233 g/mol. The maximum absolute atomic E-state index is 11.8. The van der Waals surface area contributed by atoms with E-state index in [4.69, 9.17) is 0 Å². The Morgan fingerprint density at radius 1 is 1.38 bits per heavy atom. The zero-order chi connectivity index (χ0) is 11.1. The minimum Gasteiger partial charge on any atom is -0.305 e. The Labute approximate surface area is 96.4 Å². The molecule has 2 aromatic rings. The molecule has 0 unspecified atom stereocenters. The predicted molar refractivity (Wildman–Crippen MR) is 62.7 cm³/mol. The lowest BCUT2D eigenvalue weighted by Crippen LogP contribution is -2.15. The molecule has 1 aliphatic rings. The van der Waals surface area contributed by atoms with Crippen LogP contribution < -0.4 is 5.56 Å². The molecule has 16 heavy (non-hydrogen) atoms. The van der Waals surface area contributed by atoms with Crippen molar-refractivity contribution in [3.8, 4) is 11.5 Å². The molecule has 0 aromatic carbocycles. The Balaban J connectivity index is 2.16. The molecule has 5 heteroatoms. The number of hydrogen-bond acceptors (Lipinski definition) is 4. The Bertz CT molecular complexity index is 600. The largest absolute Gasteiger partial charge is 0.305 e. The number of fused-ring (bicyclic) bond motifs is 1. The number of thiazole rings is 1. The maximum atomic E-state index is 11.8. The first kappa shape index (κ1) is 9.72. The summed E-state index contributed by atoms with van der Waals surface area (Å²) in [6.45, 7) is 1.94. The summed E-state index contributed by atoms with van der Waals surface area (Å²) in [7, 11) is 0. The molecular formula is C11H11N3OS. The van der Waals surface area contributed by atoms with Crippen molar-refractivity contribution in [1.82, 2.24) is 15.0 Å². The quantitative estimate of drug-likeness (QED) is 0.815. The highest BCUT2D eigenvalue weighted by molar-refractivity contribution is 7.09. The third-order valence-corrected chi connectivity index (χ3v) is 3.58. The van der Waals surface area contributed by atoms with Gasteiger partial charge >= 0.3 is 0 Å². The molecule has 2 heterocycles. The van der Waals surface area contributed by atoms with Crippen LogP contribution in [-0.2, 0) is 12.8 Å². The Kier molecular flexibility index (Phi) is 2.14. The summed E-state index contributed by atoms with van der Waals surface area (Å²) >= 11 is 1.57. The highest BCUT2D eigenvalue weighted by Crippen LogP contribution is 2.21. The van der Waals surface area contributed by atoms with E-state index < -0.39 is 0 Å². The topological polar surface area (TPSA) is 58.6 Å². The lowest BCUT2D eigenvalue weighted by molar-refractivity contribution is 0.899. The van der Waals surface area contributed by atoms with Gasteiger partial charge in [-0.15, -0.1) is 11.3 Å². The van der Waals surface area contributed by atoms with Gasteiger partial charge in [0.25, 0.3) is 5.56 Å². The molecule has 1 N–H and O–H groups in total. The molecule has 0 bridgehead atoms. The minimum atomic E-state index is 0.00292. The van der Waals surface area contributed by atoms with Gasteiger partial charge in [0, 0.05) is 10.9 Å². The first-order valence-corrected chi connectivity index (χ1v) is 6.16. The van der Waals surface area contributed by atoms with Gasteiger partial charge in [-0.3, -0.25) is 4.79 Å². The van der Waals surface area contributed by atoms with Gasteiger partial charge in [-0.25, -0.2) is 9.97 Å². The van der Waals surface area contributed by atoms with Crippen LogP contribution in [0.4, 0.5) is 0 Å². The van der Waals surface area contributed by atoms with Gasteiger partial charge in [0.05, 0.1) is 10.7 Å². The fourth-order valence-corrected chi connectivity index (χ4v) is 2.63. The molecule has 1 aliphatic carbocycles. The van der Waals surface area contributed by atoms with E-state index in [1.54, 1.807) is 11.3 Å². The van der Waals surface area contributed by atoms with Crippen molar-refractivity contribution in [3.63, 3.8) is 0 Å². The molecule has 0 radical (unpaired) electrons. The molecule has 3 rings (SSSR count). The van der Waals surface area contributed by atoms with E-state index in [9.17, 15) is 4.79 Å². The summed E-state index contributed by atoms with van der Waals surface area (Å²) in [6.07, 6.45) is 2.80. The molecule has 0 amide bonds. The van der Waals surface area contributed by atoms with E-state index in [0.717, 1.165) is 41.2 Å². The van der Waals surface area contributed by atoms with Crippen LogP contribution in [0, 0.1) is 6.92 Å². The molecule has 2 aromatic heterocycles. The number of hydrogen-bond donors (Lipinski definition) is 1. The molecule has 0 spiro atoms. The molecule has 0 saturated heterocycles. The van der Waals surface area contributed by atoms with Crippen molar-refractivity contribution in [2.24, 2.45) is 0 Å². The van der Waals surface area contributed by atoms with E-state index in [1.165, 1.54) is 0 Å². The minimum absolute atomic E-state index is 0.00292. The number of nitrogens with zero attached hydrogens (tertiary/aromatic N) is 2. The lowest BCUT2D eigenvalue weighted by atomic mass is 10.2. The van der Waals surface area contributed by atoms with Gasteiger partial charge < -0.3 is 4.98 Å². The second kappa shape index (κ2) is 3.52. The second-order valence-corrected chi connectivity index (χ2v) is 5.01. The van der Waals surface area contributed by atoms with Gasteiger partial charge in [0.15, 0.2) is 5.82 Å². The van der Waals surface area contributed by atoms with Crippen molar-refractivity contribution in [1.29, 1.82) is 0 Å². The summed E-state index contributed by atoms with van der Waals surface area (Å²) in [6, 6.07) is 0. The summed E-state index contributed by atoms with van der Waals surface area (Å²) in [5.74, 6) is 0.606. The standard InChI is InChI=1S/C11H11N3OS/c1-6-12-9(5-16-6)10-13-8-4-2-3-7(8)11(15)14-10/h5H,2-4H2,1H3,(H,13,14,15). The van der Waals surface area contributed by atoms with Crippen LogP contribution in [0.1, 0.15) is 22.7 Å². The van der Waals surface area contributed by atoms with Crippen molar-refractivity contribution in [2.75, 3.05) is 0 Å². The van der Waals surface area contributed by atoms with Gasteiger partial charge in [0.1, 0.15) is 5.69 Å². The van der Waals surface area contributed by atoms with Crippen LogP contribution in [0.3, 0.4) is 0 Å². The number of H-pyrrole nitrogens is 1. The van der Waals surface area contributed by atoms with E-state index in [1.807, 2.05) is 12.3 Å². The number of aromatic nitrogens is 3. The van der Waals surface area contributed by atoms with Gasteiger partial charge in [-0.05, 0) is 26.2 Å². The van der Waals surface area contributed by atoms with Gasteiger partial charge in [-0.2, -0.15) is 0 Å². The summed E-state index contributed by atoms with van der Waals surface area (Å²) in [5, 5.41) is 2.91. The number of nitrogens with one attached hydrogen (secondary N) is 1. The smallest absolute Gasteiger partial charge is 0.254 e. The fraction of sp³-hybridized carbons (Fsp3) is 0.364. The highest BCUT2D eigenvalue weighted by Gasteiger charge is 2.18. The SMILES string of the molecule is Cc1nc(-c2nc3c(c(=O)[nH]2)CCC3)cs1. The molecule has 0 fully saturated rings. The molecule has 4 nitrogen and oxygen atoms in total. The molecule has 82 valence electrons. The molecule has 0 aliphatic heterocycles. The average Bonchev–Trinajstić information content (AvgIpc) is 2.85. The Hall–Kier alpha value is -1.49. The van der Waals surface area contributed by atoms with Crippen LogP contribution in [0.15, 0.2) is 10.2 Å². The van der Waals surface area contributed by atoms with E-state index in [-0.39, 0.29) is 5.56 Å². The van der Waals surface area contributed by atoms with Crippen LogP contribution in [0.2, 0.25) is 0 Å². The van der Waals surface area contributed by atoms with Crippen LogP contribution >= 0.6 is 11.3 Å². The average molecular weight is 233 g/mol. The highest BCUT2D eigenvalue weighted by atomic mass is 32.1. The normalized spacial score (nSPS) is 14.1. The van der Waals surface area contributed by atoms with Crippen LogP contribution in [-0.4, -0.2) is 15.0 Å². The molecular weight excluding hydrogens is 222 g/mol. The van der Waals surface area contributed by atoms with Crippen LogP contribution in [0.25, 0.3) is 11.5 Å². The van der Waals surface area contributed by atoms with E-state index in [2.05, 4.69) is 15.0 Å². The van der Waals surface area contributed by atoms with E-state index in [0.29, 0.717) is 5.82 Å². The number of aryl methyl sites for hydroxylation is 2. The predicted octanol–water partition coefficient (Wildman–Crippen LogP) is 1.69. The van der Waals surface area contributed by atoms with Crippen LogP contribution in [0.5, 0.6) is 0 Å². The Morgan fingerprint density at radius 3 is 3.00 bits per heavy atom. The zero-order valence-electron chi connectivity index (χ0n) is 8.91. The molecule has 0 atom stereocenters. The first-order valence-electron chi connectivity index (χ1n) is 5.28. The van der Waals surface area contributed by atoms with Gasteiger partial charge in [-0.1, -0.05) is 0 Å². The fourth-order valence-electron chi connectivity index (χ4n) is 2.04. The first-order chi connectivity index (χ1) is 7.74. The Morgan fingerprint density at radius 2 is 2.25 bits per heavy atom. The molecule has 0 saturated carbocycles. The van der Waals surface area contributed by atoms with Crippen molar-refractivity contribution in [2.45, 2.75) is 26.2 Å². The maximum Gasteiger partial charge on any atom is 0.254 e. The zero-order valence-corrected chi connectivity index (χ0v) is 9.73. The summed E-state index contributed by atoms with van der Waals surface area (Å²) in [4.78, 5) is 23.4. The third-order valence-electron chi connectivity index (χ3n) is 2.80. The number of rotatable bonds is 1. The van der Waals surface area contributed by atoms with Crippen molar-refractivity contribution >= 4 is 11.3 Å². The second-order valence-electron chi connectivity index (χ2n) is 3.95.